The van der Waals surface area contributed by atoms with Crippen molar-refractivity contribution in [3.05, 3.63) is 34.4 Å². The van der Waals surface area contributed by atoms with Gasteiger partial charge in [0.25, 0.3) is 0 Å². The lowest BCUT2D eigenvalue weighted by Crippen LogP contribution is -2.22. The number of alkyl halides is 1. The van der Waals surface area contributed by atoms with Crippen molar-refractivity contribution in [3.63, 3.8) is 0 Å². The zero-order valence-electron chi connectivity index (χ0n) is 8.70. The lowest BCUT2D eigenvalue weighted by Gasteiger charge is -2.19. The van der Waals surface area contributed by atoms with Crippen LogP contribution in [-0.2, 0) is 6.42 Å². The number of halogens is 4. The molecule has 1 saturated carbocycles. The summed E-state index contributed by atoms with van der Waals surface area (Å²) in [7, 11) is 0. The highest BCUT2D eigenvalue weighted by Gasteiger charge is 2.35. The van der Waals surface area contributed by atoms with E-state index in [0.717, 1.165) is 25.0 Å². The molecule has 0 nitrogen and oxygen atoms in total. The first-order valence-electron chi connectivity index (χ1n) is 5.33. The highest BCUT2D eigenvalue weighted by Crippen LogP contribution is 2.38. The molecule has 1 aliphatic rings. The Kier molecular flexibility index (Phi) is 3.15. The van der Waals surface area contributed by atoms with Crippen LogP contribution in [0.25, 0.3) is 0 Å². The fraction of sp³-hybridized carbons (Fsp3) is 0.500. The Hall–Kier alpha value is -0.700. The Morgan fingerprint density at radius 3 is 2.44 bits per heavy atom. The molecule has 1 fully saturated rings. The molecule has 1 aliphatic carbocycles. The Labute approximate surface area is 97.4 Å². The second-order valence-electron chi connectivity index (χ2n) is 4.36. The molecule has 88 valence electrons. The van der Waals surface area contributed by atoms with Gasteiger partial charge in [-0.3, -0.25) is 0 Å². The lowest BCUT2D eigenvalue weighted by atomic mass is 9.94. The second kappa shape index (κ2) is 4.28. The molecule has 0 heterocycles. The zero-order valence-corrected chi connectivity index (χ0v) is 9.46. The predicted octanol–water partition coefficient (Wildman–Crippen LogP) is 4.44. The van der Waals surface area contributed by atoms with E-state index in [9.17, 15) is 13.2 Å². The Bertz CT molecular complexity index is 397. The smallest absolute Gasteiger partial charge is 0.148 e. The van der Waals surface area contributed by atoms with Gasteiger partial charge in [0.05, 0.1) is 5.02 Å². The van der Waals surface area contributed by atoms with Crippen molar-refractivity contribution in [2.45, 2.75) is 37.8 Å². The van der Waals surface area contributed by atoms with Gasteiger partial charge >= 0.3 is 0 Å². The Morgan fingerprint density at radius 2 is 1.81 bits per heavy atom. The van der Waals surface area contributed by atoms with Crippen LogP contribution in [-0.4, -0.2) is 5.67 Å². The van der Waals surface area contributed by atoms with Crippen molar-refractivity contribution < 1.29 is 13.2 Å². The summed E-state index contributed by atoms with van der Waals surface area (Å²) in [4.78, 5) is 0. The second-order valence-corrected chi connectivity index (χ2v) is 4.76. The van der Waals surface area contributed by atoms with Crippen LogP contribution < -0.4 is 0 Å². The molecule has 4 heteroatoms. The van der Waals surface area contributed by atoms with Crippen LogP contribution >= 0.6 is 11.6 Å². The molecule has 1 aromatic rings. The fourth-order valence-corrected chi connectivity index (χ4v) is 2.41. The molecular formula is C12H12ClF3. The summed E-state index contributed by atoms with van der Waals surface area (Å²) >= 11 is 5.55. The van der Waals surface area contributed by atoms with Gasteiger partial charge in [-0.25, -0.2) is 13.2 Å². The van der Waals surface area contributed by atoms with Gasteiger partial charge in [-0.1, -0.05) is 24.4 Å². The van der Waals surface area contributed by atoms with Gasteiger partial charge in [0, 0.05) is 12.0 Å². The molecular weight excluding hydrogens is 237 g/mol. The molecule has 0 aromatic heterocycles. The minimum absolute atomic E-state index is 0.155. The molecule has 0 N–H and O–H groups in total. The summed E-state index contributed by atoms with van der Waals surface area (Å²) in [6, 6.07) is 2.23. The van der Waals surface area contributed by atoms with Gasteiger partial charge in [-0.05, 0) is 25.0 Å². The number of benzene rings is 1. The van der Waals surface area contributed by atoms with Crippen LogP contribution in [0, 0.1) is 11.6 Å². The first-order valence-corrected chi connectivity index (χ1v) is 5.71. The molecule has 0 radical (unpaired) electrons. The molecule has 0 saturated heterocycles. The van der Waals surface area contributed by atoms with Gasteiger partial charge in [-0.2, -0.15) is 0 Å². The van der Waals surface area contributed by atoms with E-state index in [0.29, 0.717) is 12.8 Å². The average Bonchev–Trinajstić information content (AvgIpc) is 2.66. The Balaban J connectivity index is 2.30. The van der Waals surface area contributed by atoms with Gasteiger partial charge in [0.15, 0.2) is 0 Å². The van der Waals surface area contributed by atoms with Crippen molar-refractivity contribution in [3.8, 4) is 0 Å². The van der Waals surface area contributed by atoms with Gasteiger partial charge < -0.3 is 0 Å². The third-order valence-corrected chi connectivity index (χ3v) is 3.42. The molecule has 0 amide bonds. The van der Waals surface area contributed by atoms with Crippen molar-refractivity contribution >= 4 is 11.6 Å². The highest BCUT2D eigenvalue weighted by molar-refractivity contribution is 6.30. The minimum atomic E-state index is -1.47. The lowest BCUT2D eigenvalue weighted by molar-refractivity contribution is 0.169. The summed E-state index contributed by atoms with van der Waals surface area (Å²) in [6.45, 7) is 0. The first kappa shape index (κ1) is 11.8. The molecule has 0 bridgehead atoms. The maximum Gasteiger partial charge on any atom is 0.148 e. The molecule has 2 rings (SSSR count). The van der Waals surface area contributed by atoms with E-state index in [1.165, 1.54) is 0 Å². The molecule has 1 aromatic carbocycles. The monoisotopic (exact) mass is 248 g/mol. The van der Waals surface area contributed by atoms with Crippen molar-refractivity contribution in [1.82, 2.24) is 0 Å². The number of rotatable bonds is 2. The molecule has 0 aliphatic heterocycles. The van der Waals surface area contributed by atoms with E-state index in [4.69, 9.17) is 11.6 Å². The first-order chi connectivity index (χ1) is 7.52. The summed E-state index contributed by atoms with van der Waals surface area (Å²) in [5.41, 5.74) is -1.69. The topological polar surface area (TPSA) is 0 Å². The SMILES string of the molecule is Fc1ccc(Cl)c(F)c1CC1(F)CCCC1. The third kappa shape index (κ3) is 2.19. The predicted molar refractivity (Wildman–Crippen MR) is 57.4 cm³/mol. The van der Waals surface area contributed by atoms with Crippen molar-refractivity contribution in [2.24, 2.45) is 0 Å². The minimum Gasteiger partial charge on any atom is -0.244 e. The molecule has 0 spiro atoms. The third-order valence-electron chi connectivity index (χ3n) is 3.13. The summed E-state index contributed by atoms with van der Waals surface area (Å²) in [5.74, 6) is -1.54. The maximum absolute atomic E-state index is 14.1. The molecule has 0 atom stereocenters. The normalized spacial score (nSPS) is 19.0. The van der Waals surface area contributed by atoms with Crippen LogP contribution in [0.2, 0.25) is 5.02 Å². The van der Waals surface area contributed by atoms with Crippen LogP contribution in [0.4, 0.5) is 13.2 Å². The van der Waals surface area contributed by atoms with E-state index in [-0.39, 0.29) is 17.0 Å². The fourth-order valence-electron chi connectivity index (χ4n) is 2.23. The van der Waals surface area contributed by atoms with Crippen LogP contribution in [0.1, 0.15) is 31.2 Å². The molecule has 16 heavy (non-hydrogen) atoms. The maximum atomic E-state index is 14.1. The summed E-state index contributed by atoms with van der Waals surface area (Å²) in [6.07, 6.45) is 2.09. The molecule has 0 unspecified atom stereocenters. The van der Waals surface area contributed by atoms with E-state index in [1.54, 1.807) is 0 Å². The van der Waals surface area contributed by atoms with Crippen molar-refractivity contribution in [2.75, 3.05) is 0 Å². The van der Waals surface area contributed by atoms with E-state index in [2.05, 4.69) is 0 Å². The summed E-state index contributed by atoms with van der Waals surface area (Å²) in [5, 5.41) is -0.155. The number of hydrogen-bond donors (Lipinski definition) is 0. The number of hydrogen-bond acceptors (Lipinski definition) is 0. The van der Waals surface area contributed by atoms with Crippen LogP contribution in [0.3, 0.4) is 0 Å². The highest BCUT2D eigenvalue weighted by atomic mass is 35.5. The average molecular weight is 249 g/mol. The Morgan fingerprint density at radius 1 is 1.19 bits per heavy atom. The largest absolute Gasteiger partial charge is 0.244 e. The van der Waals surface area contributed by atoms with Crippen LogP contribution in [0.15, 0.2) is 12.1 Å². The van der Waals surface area contributed by atoms with E-state index < -0.39 is 17.3 Å². The van der Waals surface area contributed by atoms with Gasteiger partial charge in [-0.15, -0.1) is 0 Å². The van der Waals surface area contributed by atoms with Gasteiger partial charge in [0.2, 0.25) is 0 Å². The van der Waals surface area contributed by atoms with Crippen LogP contribution in [0.5, 0.6) is 0 Å². The standard InChI is InChI=1S/C12H12ClF3/c13-9-3-4-10(14)8(11(9)15)7-12(16)5-1-2-6-12/h3-4H,1-2,5-7H2. The summed E-state index contributed by atoms with van der Waals surface area (Å²) < 4.78 is 41.0. The zero-order chi connectivity index (χ0) is 11.8. The quantitative estimate of drug-likeness (QED) is 0.679. The van der Waals surface area contributed by atoms with E-state index >= 15 is 0 Å². The van der Waals surface area contributed by atoms with Gasteiger partial charge in [0.1, 0.15) is 17.3 Å². The van der Waals surface area contributed by atoms with E-state index in [1.807, 2.05) is 0 Å². The van der Waals surface area contributed by atoms with Crippen molar-refractivity contribution in [1.29, 1.82) is 0 Å².